The maximum Gasteiger partial charge on any atom is 0.229 e. The lowest BCUT2D eigenvalue weighted by Crippen LogP contribution is -2.28. The summed E-state index contributed by atoms with van der Waals surface area (Å²) in [4.78, 5) is 28.9. The number of nitrogens with one attached hydrogen (secondary N) is 1. The summed E-state index contributed by atoms with van der Waals surface area (Å²) in [5.41, 5.74) is 3.32. The highest BCUT2D eigenvalue weighted by Crippen LogP contribution is 2.26. The quantitative estimate of drug-likeness (QED) is 0.769. The molecule has 0 bridgehead atoms. The van der Waals surface area contributed by atoms with Gasteiger partial charge in [-0.25, -0.2) is 4.39 Å². The van der Waals surface area contributed by atoms with Crippen LogP contribution >= 0.6 is 0 Å². The lowest BCUT2D eigenvalue weighted by molar-refractivity contribution is -0.128. The zero-order valence-corrected chi connectivity index (χ0v) is 17.2. The number of carbonyl (C=O) groups excluding carboxylic acids is 2. The minimum atomic E-state index is -0.434. The summed E-state index contributed by atoms with van der Waals surface area (Å²) in [6.07, 6.45) is 0.150. The van der Waals surface area contributed by atoms with Gasteiger partial charge in [0.1, 0.15) is 5.82 Å². The Morgan fingerprint density at radius 2 is 1.93 bits per heavy atom. The van der Waals surface area contributed by atoms with E-state index in [1.807, 2.05) is 19.1 Å². The molecule has 1 N–H and O–H groups in total. The van der Waals surface area contributed by atoms with Crippen LogP contribution in [0.3, 0.4) is 0 Å². The van der Waals surface area contributed by atoms with E-state index in [1.165, 1.54) is 6.07 Å². The molecule has 2 aromatic carbocycles. The van der Waals surface area contributed by atoms with Gasteiger partial charge in [-0.2, -0.15) is 0 Å². The van der Waals surface area contributed by atoms with Gasteiger partial charge in [0.05, 0.1) is 5.92 Å². The molecule has 0 aromatic heterocycles. The topological polar surface area (TPSA) is 52.7 Å². The number of hydrogen-bond acceptors (Lipinski definition) is 3. The molecule has 1 aliphatic rings. The predicted octanol–water partition coefficient (Wildman–Crippen LogP) is 3.97. The summed E-state index contributed by atoms with van der Waals surface area (Å²) in [6, 6.07) is 12.4. The number of nitrogens with zero attached hydrogens (tertiary/aromatic N) is 2. The first-order valence-electron chi connectivity index (χ1n) is 10.1. The summed E-state index contributed by atoms with van der Waals surface area (Å²) < 4.78 is 13.9. The van der Waals surface area contributed by atoms with Gasteiger partial charge in [0, 0.05) is 49.5 Å². The molecule has 2 aromatic rings. The van der Waals surface area contributed by atoms with Crippen LogP contribution in [0.4, 0.5) is 15.8 Å². The predicted molar refractivity (Wildman–Crippen MR) is 113 cm³/mol. The number of aryl methyl sites for hydroxylation is 1. The van der Waals surface area contributed by atoms with Gasteiger partial charge in [-0.1, -0.05) is 18.2 Å². The Hall–Kier alpha value is -2.89. The summed E-state index contributed by atoms with van der Waals surface area (Å²) in [6.45, 7) is 8.51. The fraction of sp³-hybridized carbons (Fsp3) is 0.391. The van der Waals surface area contributed by atoms with E-state index in [1.54, 1.807) is 23.1 Å². The highest BCUT2D eigenvalue weighted by atomic mass is 19.1. The third kappa shape index (κ3) is 4.75. The molecule has 6 heteroatoms. The number of amides is 2. The van der Waals surface area contributed by atoms with E-state index in [2.05, 4.69) is 30.1 Å². The lowest BCUT2D eigenvalue weighted by atomic mass is 10.1. The Balaban J connectivity index is 1.64. The van der Waals surface area contributed by atoms with Crippen molar-refractivity contribution in [1.29, 1.82) is 0 Å². The standard InChI is InChI=1S/C23H28FN3O2/c1-4-26(5-2)19-10-11-21(16(3)12-19)25-23(29)18-13-22(28)27(15-18)14-17-8-6-7-9-20(17)24/h6-12,18H,4-5,13-15H2,1-3H3,(H,25,29). The Labute approximate surface area is 171 Å². The SMILES string of the molecule is CCN(CC)c1ccc(NC(=O)C2CC(=O)N(Cc3ccccc3F)C2)c(C)c1. The van der Waals surface area contributed by atoms with Crippen molar-refractivity contribution in [3.8, 4) is 0 Å². The van der Waals surface area contributed by atoms with Gasteiger partial charge in [0.25, 0.3) is 0 Å². The van der Waals surface area contributed by atoms with Crippen molar-refractivity contribution < 1.29 is 14.0 Å². The van der Waals surface area contributed by atoms with Crippen LogP contribution in [0, 0.1) is 18.7 Å². The van der Waals surface area contributed by atoms with Crippen LogP contribution in [0.1, 0.15) is 31.4 Å². The molecular weight excluding hydrogens is 369 g/mol. The Morgan fingerprint density at radius 1 is 1.21 bits per heavy atom. The van der Waals surface area contributed by atoms with Gasteiger partial charge < -0.3 is 15.1 Å². The van der Waals surface area contributed by atoms with Gasteiger partial charge in [-0.05, 0) is 50.6 Å². The van der Waals surface area contributed by atoms with Crippen molar-refractivity contribution in [2.45, 2.75) is 33.7 Å². The summed E-state index contributed by atoms with van der Waals surface area (Å²) in [5.74, 6) is -1.07. The van der Waals surface area contributed by atoms with Gasteiger partial charge >= 0.3 is 0 Å². The van der Waals surface area contributed by atoms with E-state index in [0.717, 1.165) is 30.0 Å². The summed E-state index contributed by atoms with van der Waals surface area (Å²) in [7, 11) is 0. The van der Waals surface area contributed by atoms with E-state index in [9.17, 15) is 14.0 Å². The maximum absolute atomic E-state index is 13.9. The number of carbonyl (C=O) groups is 2. The first-order chi connectivity index (χ1) is 13.9. The second-order valence-corrected chi connectivity index (χ2v) is 7.43. The summed E-state index contributed by atoms with van der Waals surface area (Å²) in [5, 5.41) is 2.96. The molecule has 0 saturated carbocycles. The average molecular weight is 397 g/mol. The number of benzene rings is 2. The van der Waals surface area contributed by atoms with Crippen LogP contribution in [0.25, 0.3) is 0 Å². The largest absolute Gasteiger partial charge is 0.372 e. The monoisotopic (exact) mass is 397 g/mol. The Bertz CT molecular complexity index is 895. The second kappa shape index (κ2) is 9.07. The molecule has 1 atom stereocenters. The molecule has 0 aliphatic carbocycles. The molecule has 1 aliphatic heterocycles. The van der Waals surface area contributed by atoms with Crippen molar-refractivity contribution in [3.05, 3.63) is 59.4 Å². The number of hydrogen-bond donors (Lipinski definition) is 1. The van der Waals surface area contributed by atoms with Crippen LogP contribution < -0.4 is 10.2 Å². The van der Waals surface area contributed by atoms with Crippen molar-refractivity contribution >= 4 is 23.2 Å². The molecule has 1 saturated heterocycles. The van der Waals surface area contributed by atoms with Gasteiger partial charge in [-0.15, -0.1) is 0 Å². The van der Waals surface area contributed by atoms with Gasteiger partial charge in [0.15, 0.2) is 0 Å². The number of rotatable bonds is 7. The first kappa shape index (κ1) is 20.8. The summed E-state index contributed by atoms with van der Waals surface area (Å²) >= 11 is 0. The molecular formula is C23H28FN3O2. The third-order valence-corrected chi connectivity index (χ3v) is 5.50. The van der Waals surface area contributed by atoms with Crippen LogP contribution in [-0.2, 0) is 16.1 Å². The van der Waals surface area contributed by atoms with E-state index in [4.69, 9.17) is 0 Å². The van der Waals surface area contributed by atoms with Crippen molar-refractivity contribution in [2.24, 2.45) is 5.92 Å². The minimum absolute atomic E-state index is 0.123. The first-order valence-corrected chi connectivity index (χ1v) is 10.1. The van der Waals surface area contributed by atoms with Crippen LogP contribution in [0.15, 0.2) is 42.5 Å². The molecule has 5 nitrogen and oxygen atoms in total. The lowest BCUT2D eigenvalue weighted by Gasteiger charge is -2.22. The minimum Gasteiger partial charge on any atom is -0.372 e. The number of halogens is 1. The molecule has 3 rings (SSSR count). The average Bonchev–Trinajstić information content (AvgIpc) is 3.07. The second-order valence-electron chi connectivity index (χ2n) is 7.43. The Morgan fingerprint density at radius 3 is 2.59 bits per heavy atom. The molecule has 1 unspecified atom stereocenters. The molecule has 29 heavy (non-hydrogen) atoms. The van der Waals surface area contributed by atoms with Gasteiger partial charge in [0.2, 0.25) is 11.8 Å². The van der Waals surface area contributed by atoms with E-state index in [-0.39, 0.29) is 30.6 Å². The fourth-order valence-electron chi connectivity index (χ4n) is 3.74. The smallest absolute Gasteiger partial charge is 0.229 e. The van der Waals surface area contributed by atoms with E-state index in [0.29, 0.717) is 12.1 Å². The number of likely N-dealkylation sites (tertiary alicyclic amines) is 1. The molecule has 0 spiro atoms. The molecule has 0 radical (unpaired) electrons. The number of anilines is 2. The highest BCUT2D eigenvalue weighted by Gasteiger charge is 2.34. The fourth-order valence-corrected chi connectivity index (χ4v) is 3.74. The third-order valence-electron chi connectivity index (χ3n) is 5.50. The molecule has 154 valence electrons. The van der Waals surface area contributed by atoms with Gasteiger partial charge in [-0.3, -0.25) is 9.59 Å². The molecule has 1 fully saturated rings. The van der Waals surface area contributed by atoms with Crippen molar-refractivity contribution in [1.82, 2.24) is 4.90 Å². The Kier molecular flexibility index (Phi) is 6.52. The zero-order valence-electron chi connectivity index (χ0n) is 17.2. The maximum atomic E-state index is 13.9. The van der Waals surface area contributed by atoms with Crippen LogP contribution in [0.5, 0.6) is 0 Å². The zero-order chi connectivity index (χ0) is 21.0. The van der Waals surface area contributed by atoms with Crippen molar-refractivity contribution in [2.75, 3.05) is 29.9 Å². The van der Waals surface area contributed by atoms with E-state index >= 15 is 0 Å². The van der Waals surface area contributed by atoms with Crippen LogP contribution in [0.2, 0.25) is 0 Å². The molecule has 1 heterocycles. The van der Waals surface area contributed by atoms with E-state index < -0.39 is 5.92 Å². The van der Waals surface area contributed by atoms with Crippen LogP contribution in [-0.4, -0.2) is 36.3 Å². The highest BCUT2D eigenvalue weighted by molar-refractivity contribution is 5.97. The molecule has 2 amide bonds. The normalized spacial score (nSPS) is 16.2. The van der Waals surface area contributed by atoms with Crippen molar-refractivity contribution in [3.63, 3.8) is 0 Å².